The maximum Gasteiger partial charge on any atom is 0.291 e. The van der Waals surface area contributed by atoms with Gasteiger partial charge < -0.3 is 0 Å². The van der Waals surface area contributed by atoms with Crippen molar-refractivity contribution < 1.29 is 18.8 Å². The van der Waals surface area contributed by atoms with E-state index < -0.39 is 5.82 Å². The van der Waals surface area contributed by atoms with Gasteiger partial charge in [-0.1, -0.05) is 18.9 Å². The Kier molecular flexibility index (Phi) is 4.83. The van der Waals surface area contributed by atoms with Crippen LogP contribution in [-0.4, -0.2) is 23.8 Å². The van der Waals surface area contributed by atoms with E-state index in [-0.39, 0.29) is 41.3 Å². The van der Waals surface area contributed by atoms with Gasteiger partial charge in [0.25, 0.3) is 5.91 Å². The third-order valence-corrected chi connectivity index (χ3v) is 6.98. The molecule has 0 N–H and O–H groups in total. The van der Waals surface area contributed by atoms with Gasteiger partial charge in [-0.3, -0.25) is 14.4 Å². The number of amides is 3. The highest BCUT2D eigenvalue weighted by Gasteiger charge is 2.49. The Morgan fingerprint density at radius 1 is 0.967 bits per heavy atom. The molecule has 2 aliphatic heterocycles. The summed E-state index contributed by atoms with van der Waals surface area (Å²) < 4.78 is 14.7. The van der Waals surface area contributed by atoms with Gasteiger partial charge in [-0.2, -0.15) is 5.11 Å². The molecule has 2 heterocycles. The summed E-state index contributed by atoms with van der Waals surface area (Å²) in [5.41, 5.74) is 2.63. The summed E-state index contributed by atoms with van der Waals surface area (Å²) in [5.74, 6) is -2.00. The standard InChI is InChI=1S/C23H24FN3O3/c24-18-10-9-13(11-19-14-5-1-2-6-15(14)21(28)26-25-19)12-20(18)27-22(29)16-7-3-4-8-17(16)23(27)30/h9-10,12,16-17,19H,1-8,11H2. The molecule has 156 valence electrons. The average molecular weight is 409 g/mol. The smallest absolute Gasteiger partial charge is 0.274 e. The lowest BCUT2D eigenvalue weighted by Gasteiger charge is -2.26. The van der Waals surface area contributed by atoms with Gasteiger partial charge in [0.05, 0.1) is 23.6 Å². The minimum Gasteiger partial charge on any atom is -0.274 e. The Hall–Kier alpha value is -2.70. The molecular formula is C23H24FN3O3. The van der Waals surface area contributed by atoms with Crippen molar-refractivity contribution in [1.82, 2.24) is 0 Å². The quantitative estimate of drug-likeness (QED) is 0.699. The second-order valence-electron chi connectivity index (χ2n) is 8.75. The molecule has 3 amide bonds. The lowest BCUT2D eigenvalue weighted by atomic mass is 9.81. The second kappa shape index (κ2) is 7.52. The zero-order chi connectivity index (χ0) is 20.8. The number of anilines is 1. The number of carbonyl (C=O) groups excluding carboxylic acids is 3. The second-order valence-corrected chi connectivity index (χ2v) is 8.75. The summed E-state index contributed by atoms with van der Waals surface area (Å²) in [6, 6.07) is 4.32. The first-order valence-corrected chi connectivity index (χ1v) is 10.9. The highest BCUT2D eigenvalue weighted by atomic mass is 19.1. The van der Waals surface area contributed by atoms with E-state index in [9.17, 15) is 18.8 Å². The van der Waals surface area contributed by atoms with Crippen LogP contribution in [0.25, 0.3) is 0 Å². The van der Waals surface area contributed by atoms with Crippen molar-refractivity contribution in [2.24, 2.45) is 22.1 Å². The molecule has 4 aliphatic rings. The van der Waals surface area contributed by atoms with Crippen molar-refractivity contribution in [2.75, 3.05) is 4.90 Å². The number of halogens is 1. The topological polar surface area (TPSA) is 79.2 Å². The van der Waals surface area contributed by atoms with Crippen LogP contribution in [0.2, 0.25) is 0 Å². The Labute approximate surface area is 174 Å². The third-order valence-electron chi connectivity index (χ3n) is 6.98. The van der Waals surface area contributed by atoms with E-state index in [0.717, 1.165) is 60.1 Å². The van der Waals surface area contributed by atoms with Gasteiger partial charge in [-0.15, -0.1) is 5.11 Å². The molecule has 1 saturated heterocycles. The monoisotopic (exact) mass is 409 g/mol. The first-order chi connectivity index (χ1) is 14.5. The molecular weight excluding hydrogens is 385 g/mol. The molecule has 7 heteroatoms. The first-order valence-electron chi connectivity index (χ1n) is 10.9. The van der Waals surface area contributed by atoms with E-state index in [2.05, 4.69) is 10.2 Å². The van der Waals surface area contributed by atoms with Crippen LogP contribution in [0, 0.1) is 17.7 Å². The Bertz CT molecular complexity index is 975. The van der Waals surface area contributed by atoms with E-state index in [4.69, 9.17) is 0 Å². The molecule has 3 unspecified atom stereocenters. The summed E-state index contributed by atoms with van der Waals surface area (Å²) in [4.78, 5) is 38.9. The fourth-order valence-corrected chi connectivity index (χ4v) is 5.44. The highest BCUT2D eigenvalue weighted by molar-refractivity contribution is 6.22. The van der Waals surface area contributed by atoms with Crippen molar-refractivity contribution in [2.45, 2.75) is 63.8 Å². The molecule has 0 bridgehead atoms. The van der Waals surface area contributed by atoms with E-state index in [0.29, 0.717) is 19.3 Å². The first kappa shape index (κ1) is 19.3. The molecule has 5 rings (SSSR count). The largest absolute Gasteiger partial charge is 0.291 e. The van der Waals surface area contributed by atoms with Gasteiger partial charge >= 0.3 is 0 Å². The highest BCUT2D eigenvalue weighted by Crippen LogP contribution is 2.41. The molecule has 6 nitrogen and oxygen atoms in total. The number of azo groups is 1. The normalized spacial score (nSPS) is 28.8. The van der Waals surface area contributed by atoms with Crippen LogP contribution in [0.4, 0.5) is 10.1 Å². The van der Waals surface area contributed by atoms with Gasteiger partial charge in [0.15, 0.2) is 0 Å². The van der Waals surface area contributed by atoms with E-state index in [1.807, 2.05) is 0 Å². The fourth-order valence-electron chi connectivity index (χ4n) is 5.44. The fraction of sp³-hybridized carbons (Fsp3) is 0.522. The number of carbonyl (C=O) groups is 3. The molecule has 3 atom stereocenters. The summed E-state index contributed by atoms with van der Waals surface area (Å²) in [7, 11) is 0. The van der Waals surface area contributed by atoms with Crippen LogP contribution in [0.5, 0.6) is 0 Å². The molecule has 0 aromatic heterocycles. The number of nitrogens with zero attached hydrogens (tertiary/aromatic N) is 3. The van der Waals surface area contributed by atoms with Crippen LogP contribution in [0.15, 0.2) is 39.6 Å². The van der Waals surface area contributed by atoms with Crippen molar-refractivity contribution >= 4 is 23.4 Å². The molecule has 0 spiro atoms. The number of benzene rings is 1. The number of imide groups is 1. The SMILES string of the molecule is O=C1N=NC(Cc2ccc(F)c(N3C(=O)C4CCCCC4C3=O)c2)C2=C1CCCC2. The van der Waals surface area contributed by atoms with Crippen molar-refractivity contribution in [3.05, 3.63) is 40.7 Å². The molecule has 30 heavy (non-hydrogen) atoms. The summed E-state index contributed by atoms with van der Waals surface area (Å²) in [6.07, 6.45) is 7.27. The number of rotatable bonds is 3. The van der Waals surface area contributed by atoms with E-state index >= 15 is 0 Å². The van der Waals surface area contributed by atoms with Crippen LogP contribution in [0.1, 0.15) is 56.9 Å². The molecule has 1 aromatic carbocycles. The Morgan fingerprint density at radius 3 is 2.40 bits per heavy atom. The predicted molar refractivity (Wildman–Crippen MR) is 107 cm³/mol. The van der Waals surface area contributed by atoms with E-state index in [1.54, 1.807) is 12.1 Å². The van der Waals surface area contributed by atoms with Gasteiger partial charge in [-0.25, -0.2) is 9.29 Å². The van der Waals surface area contributed by atoms with Gasteiger partial charge in [0.2, 0.25) is 11.8 Å². The maximum atomic E-state index is 14.7. The predicted octanol–water partition coefficient (Wildman–Crippen LogP) is 4.28. The molecule has 2 aliphatic carbocycles. The maximum absolute atomic E-state index is 14.7. The van der Waals surface area contributed by atoms with Crippen LogP contribution in [-0.2, 0) is 20.8 Å². The van der Waals surface area contributed by atoms with Gasteiger partial charge in [0.1, 0.15) is 5.82 Å². The van der Waals surface area contributed by atoms with Crippen LogP contribution < -0.4 is 4.90 Å². The third kappa shape index (κ3) is 3.11. The lowest BCUT2D eigenvalue weighted by Crippen LogP contribution is -2.32. The average Bonchev–Trinajstić information content (AvgIpc) is 3.02. The Balaban J connectivity index is 1.44. The van der Waals surface area contributed by atoms with Crippen LogP contribution >= 0.6 is 0 Å². The molecule has 1 saturated carbocycles. The zero-order valence-electron chi connectivity index (χ0n) is 16.8. The van der Waals surface area contributed by atoms with E-state index in [1.165, 1.54) is 6.07 Å². The zero-order valence-corrected chi connectivity index (χ0v) is 16.8. The van der Waals surface area contributed by atoms with Gasteiger partial charge in [0, 0.05) is 12.0 Å². The van der Waals surface area contributed by atoms with Crippen molar-refractivity contribution in [3.8, 4) is 0 Å². The summed E-state index contributed by atoms with van der Waals surface area (Å²) in [5, 5.41) is 8.02. The number of hydrogen-bond acceptors (Lipinski definition) is 4. The van der Waals surface area contributed by atoms with Crippen molar-refractivity contribution in [1.29, 1.82) is 0 Å². The molecule has 2 fully saturated rings. The minimum atomic E-state index is -0.572. The molecule has 1 aromatic rings. The lowest BCUT2D eigenvalue weighted by molar-refractivity contribution is -0.122. The summed E-state index contributed by atoms with van der Waals surface area (Å²) in [6.45, 7) is 0. The van der Waals surface area contributed by atoms with Crippen LogP contribution in [0.3, 0.4) is 0 Å². The Morgan fingerprint density at radius 2 is 1.67 bits per heavy atom. The molecule has 0 radical (unpaired) electrons. The number of fused-ring (bicyclic) bond motifs is 1. The summed E-state index contributed by atoms with van der Waals surface area (Å²) >= 11 is 0. The minimum absolute atomic E-state index is 0.0403. The van der Waals surface area contributed by atoms with Crippen molar-refractivity contribution in [3.63, 3.8) is 0 Å². The van der Waals surface area contributed by atoms with Gasteiger partial charge in [-0.05, 0) is 61.8 Å². The number of hydrogen-bond donors (Lipinski definition) is 0.